The fourth-order valence-electron chi connectivity index (χ4n) is 2.51. The number of likely N-dealkylation sites (tertiary alicyclic amines) is 1. The maximum absolute atomic E-state index is 11.4. The average Bonchev–Trinajstić information content (AvgIpc) is 2.17. The van der Waals surface area contributed by atoms with Crippen LogP contribution < -0.4 is 0 Å². The Hall–Kier alpha value is -0.810. The third-order valence-corrected chi connectivity index (χ3v) is 3.29. The van der Waals surface area contributed by atoms with Gasteiger partial charge in [-0.25, -0.2) is 4.79 Å². The first-order valence-electron chi connectivity index (χ1n) is 6.01. The molecule has 1 heterocycles. The molecular formula is C12H24N2O3. The van der Waals surface area contributed by atoms with E-state index in [1.54, 1.807) is 7.11 Å². The molecule has 1 N–H and O–H groups in total. The molecule has 0 radical (unpaired) electrons. The predicted molar refractivity (Wildman–Crippen MR) is 66.3 cm³/mol. The molecule has 5 heteroatoms. The molecule has 17 heavy (non-hydrogen) atoms. The van der Waals surface area contributed by atoms with E-state index in [1.807, 2.05) is 27.8 Å². The molecule has 0 unspecified atom stereocenters. The van der Waals surface area contributed by atoms with E-state index in [9.17, 15) is 9.90 Å². The van der Waals surface area contributed by atoms with Crippen LogP contribution in [0.2, 0.25) is 0 Å². The molecule has 5 nitrogen and oxygen atoms in total. The molecule has 1 aliphatic heterocycles. The Kier molecular flexibility index (Phi) is 4.38. The molecule has 1 amide bonds. The lowest BCUT2D eigenvalue weighted by molar-refractivity contribution is -0.0493. The molecule has 0 aromatic carbocycles. The molecule has 1 saturated heterocycles. The zero-order chi connectivity index (χ0) is 13.2. The summed E-state index contributed by atoms with van der Waals surface area (Å²) >= 11 is 0. The number of carboxylic acid groups (broad SMARTS) is 1. The van der Waals surface area contributed by atoms with E-state index in [4.69, 9.17) is 4.74 Å². The Morgan fingerprint density at radius 1 is 1.47 bits per heavy atom. The maximum Gasteiger partial charge on any atom is 0.408 e. The van der Waals surface area contributed by atoms with Gasteiger partial charge in [-0.3, -0.25) is 4.90 Å². The van der Waals surface area contributed by atoms with Crippen molar-refractivity contribution < 1.29 is 14.6 Å². The van der Waals surface area contributed by atoms with Gasteiger partial charge < -0.3 is 14.7 Å². The minimum Gasteiger partial charge on any atom is -0.465 e. The van der Waals surface area contributed by atoms with Crippen molar-refractivity contribution in [3.8, 4) is 0 Å². The van der Waals surface area contributed by atoms with Crippen LogP contribution in [0.3, 0.4) is 0 Å². The van der Waals surface area contributed by atoms with Gasteiger partial charge in [-0.1, -0.05) is 0 Å². The van der Waals surface area contributed by atoms with Crippen LogP contribution in [-0.2, 0) is 4.74 Å². The zero-order valence-electron chi connectivity index (χ0n) is 11.4. The van der Waals surface area contributed by atoms with Crippen LogP contribution in [0.5, 0.6) is 0 Å². The Morgan fingerprint density at radius 3 is 2.47 bits per heavy atom. The molecule has 0 aromatic heterocycles. The van der Waals surface area contributed by atoms with E-state index in [0.717, 1.165) is 19.5 Å². The lowest BCUT2D eigenvalue weighted by atomic mass is 9.95. The van der Waals surface area contributed by atoms with Crippen LogP contribution in [0.15, 0.2) is 0 Å². The summed E-state index contributed by atoms with van der Waals surface area (Å²) in [5, 5.41) is 9.40. The molecule has 0 bridgehead atoms. The van der Waals surface area contributed by atoms with Gasteiger partial charge in [0.05, 0.1) is 12.1 Å². The number of piperidine rings is 1. The van der Waals surface area contributed by atoms with E-state index in [2.05, 4.69) is 4.90 Å². The Morgan fingerprint density at radius 2 is 2.06 bits per heavy atom. The number of methoxy groups -OCH3 is 1. The second kappa shape index (κ2) is 5.23. The number of rotatable bonds is 2. The van der Waals surface area contributed by atoms with Crippen molar-refractivity contribution in [1.29, 1.82) is 0 Å². The minimum absolute atomic E-state index is 0.0518. The highest BCUT2D eigenvalue weighted by atomic mass is 16.5. The van der Waals surface area contributed by atoms with Crippen LogP contribution in [-0.4, -0.2) is 65.9 Å². The first-order chi connectivity index (χ1) is 7.77. The van der Waals surface area contributed by atoms with Crippen molar-refractivity contribution in [3.05, 3.63) is 0 Å². The first-order valence-corrected chi connectivity index (χ1v) is 6.01. The molecule has 0 aromatic rings. The standard InChI is InChI=1S/C12H24N2O3/c1-12(2,3)14(11(15)16)9-6-7-13(4)8-10(9)17-5/h9-10H,6-8H2,1-5H3,(H,15,16)/t9-,10+/m1/s1. The molecule has 0 aliphatic carbocycles. The number of amides is 1. The highest BCUT2D eigenvalue weighted by Crippen LogP contribution is 2.25. The fraction of sp³-hybridized carbons (Fsp3) is 0.917. The fourth-order valence-corrected chi connectivity index (χ4v) is 2.51. The summed E-state index contributed by atoms with van der Waals surface area (Å²) in [5.74, 6) is 0. The predicted octanol–water partition coefficient (Wildman–Crippen LogP) is 1.48. The number of hydrogen-bond acceptors (Lipinski definition) is 3. The van der Waals surface area contributed by atoms with Gasteiger partial charge in [0.2, 0.25) is 0 Å². The topological polar surface area (TPSA) is 53.0 Å². The number of likely N-dealkylation sites (N-methyl/N-ethyl adjacent to an activating group) is 1. The van der Waals surface area contributed by atoms with Gasteiger partial charge in [-0.2, -0.15) is 0 Å². The van der Waals surface area contributed by atoms with E-state index in [0.29, 0.717) is 0 Å². The molecule has 1 rings (SSSR count). The van der Waals surface area contributed by atoms with Crippen molar-refractivity contribution in [3.63, 3.8) is 0 Å². The third kappa shape index (κ3) is 3.33. The molecule has 2 atom stereocenters. The summed E-state index contributed by atoms with van der Waals surface area (Å²) in [7, 11) is 3.68. The minimum atomic E-state index is -0.867. The Balaban J connectivity index is 2.90. The first kappa shape index (κ1) is 14.3. The van der Waals surface area contributed by atoms with Crippen molar-refractivity contribution in [2.24, 2.45) is 0 Å². The second-order valence-electron chi connectivity index (χ2n) is 5.72. The smallest absolute Gasteiger partial charge is 0.408 e. The van der Waals surface area contributed by atoms with Gasteiger partial charge in [-0.05, 0) is 40.8 Å². The molecule has 0 spiro atoms. The number of carbonyl (C=O) groups is 1. The molecular weight excluding hydrogens is 220 g/mol. The average molecular weight is 244 g/mol. The van der Waals surface area contributed by atoms with Crippen LogP contribution >= 0.6 is 0 Å². The monoisotopic (exact) mass is 244 g/mol. The van der Waals surface area contributed by atoms with Crippen molar-refractivity contribution >= 4 is 6.09 Å². The number of hydrogen-bond donors (Lipinski definition) is 1. The van der Waals surface area contributed by atoms with Crippen molar-refractivity contribution in [2.45, 2.75) is 44.9 Å². The quantitative estimate of drug-likeness (QED) is 0.799. The lowest BCUT2D eigenvalue weighted by Crippen LogP contribution is -2.60. The van der Waals surface area contributed by atoms with Crippen LogP contribution in [0.25, 0.3) is 0 Å². The van der Waals surface area contributed by atoms with Gasteiger partial charge in [0.15, 0.2) is 0 Å². The Bertz CT molecular complexity index is 275. The number of ether oxygens (including phenoxy) is 1. The normalized spacial score (nSPS) is 26.9. The van der Waals surface area contributed by atoms with Gasteiger partial charge in [0.1, 0.15) is 0 Å². The van der Waals surface area contributed by atoms with E-state index in [1.165, 1.54) is 4.90 Å². The van der Waals surface area contributed by atoms with E-state index >= 15 is 0 Å². The largest absolute Gasteiger partial charge is 0.465 e. The summed E-state index contributed by atoms with van der Waals surface area (Å²) < 4.78 is 5.45. The summed E-state index contributed by atoms with van der Waals surface area (Å²) in [6.07, 6.45) is -0.100. The summed E-state index contributed by atoms with van der Waals surface area (Å²) in [4.78, 5) is 15.2. The summed E-state index contributed by atoms with van der Waals surface area (Å²) in [5.41, 5.74) is -0.400. The lowest BCUT2D eigenvalue weighted by Gasteiger charge is -2.46. The van der Waals surface area contributed by atoms with Crippen molar-refractivity contribution in [2.75, 3.05) is 27.2 Å². The Labute approximate surface area is 103 Å². The molecule has 1 fully saturated rings. The van der Waals surface area contributed by atoms with Gasteiger partial charge in [-0.15, -0.1) is 0 Å². The highest BCUT2D eigenvalue weighted by molar-refractivity contribution is 5.66. The van der Waals surface area contributed by atoms with Gasteiger partial charge >= 0.3 is 6.09 Å². The van der Waals surface area contributed by atoms with E-state index in [-0.39, 0.29) is 12.1 Å². The number of nitrogens with zero attached hydrogens (tertiary/aromatic N) is 2. The van der Waals surface area contributed by atoms with Gasteiger partial charge in [0, 0.05) is 19.2 Å². The highest BCUT2D eigenvalue weighted by Gasteiger charge is 2.40. The van der Waals surface area contributed by atoms with Crippen LogP contribution in [0, 0.1) is 0 Å². The molecule has 0 saturated carbocycles. The molecule has 100 valence electrons. The van der Waals surface area contributed by atoms with Gasteiger partial charge in [0.25, 0.3) is 0 Å². The molecule has 1 aliphatic rings. The third-order valence-electron chi connectivity index (χ3n) is 3.29. The van der Waals surface area contributed by atoms with Crippen LogP contribution in [0.4, 0.5) is 4.79 Å². The summed E-state index contributed by atoms with van der Waals surface area (Å²) in [6.45, 7) is 7.45. The second-order valence-corrected chi connectivity index (χ2v) is 5.72. The SMILES string of the molecule is CO[C@H]1CN(C)CC[C@H]1N(C(=O)O)C(C)(C)C. The van der Waals surface area contributed by atoms with Crippen LogP contribution in [0.1, 0.15) is 27.2 Å². The zero-order valence-corrected chi connectivity index (χ0v) is 11.4. The maximum atomic E-state index is 11.4. The van der Waals surface area contributed by atoms with E-state index < -0.39 is 11.6 Å². The van der Waals surface area contributed by atoms with Crippen molar-refractivity contribution in [1.82, 2.24) is 9.80 Å². The summed E-state index contributed by atoms with van der Waals surface area (Å²) in [6, 6.07) is -0.0614.